The fourth-order valence-electron chi connectivity index (χ4n) is 2.80. The zero-order valence-corrected chi connectivity index (χ0v) is 14.0. The molecule has 5 heteroatoms. The van der Waals surface area contributed by atoms with Gasteiger partial charge < -0.3 is 10.2 Å². The van der Waals surface area contributed by atoms with Crippen molar-refractivity contribution in [1.29, 1.82) is 0 Å². The van der Waals surface area contributed by atoms with E-state index >= 15 is 0 Å². The Hall–Kier alpha value is -0.940. The number of carbonyl (C=O) groups excluding carboxylic acids is 1. The first-order chi connectivity index (χ1) is 10.1. The van der Waals surface area contributed by atoms with E-state index in [-0.39, 0.29) is 11.7 Å². The summed E-state index contributed by atoms with van der Waals surface area (Å²) in [7, 11) is 0. The number of nitrogens with zero attached hydrogens (tertiary/aromatic N) is 1. The average Bonchev–Trinajstić information content (AvgIpc) is 2.46. The van der Waals surface area contributed by atoms with Crippen LogP contribution in [0.4, 0.5) is 4.39 Å². The zero-order valence-electron chi connectivity index (χ0n) is 12.4. The number of amides is 1. The van der Waals surface area contributed by atoms with E-state index in [1.807, 2.05) is 4.90 Å². The minimum atomic E-state index is -0.386. The Bertz CT molecular complexity index is 469. The van der Waals surface area contributed by atoms with Gasteiger partial charge in [0.1, 0.15) is 5.82 Å². The molecule has 116 valence electrons. The molecule has 1 amide bonds. The molecule has 1 aromatic carbocycles. The second-order valence-electron chi connectivity index (χ2n) is 5.62. The summed E-state index contributed by atoms with van der Waals surface area (Å²) < 4.78 is 14.1. The normalized spacial score (nSPS) is 18.5. The van der Waals surface area contributed by atoms with Gasteiger partial charge in [0, 0.05) is 23.1 Å². The van der Waals surface area contributed by atoms with E-state index < -0.39 is 0 Å². The van der Waals surface area contributed by atoms with Crippen LogP contribution in [0.1, 0.15) is 36.5 Å². The summed E-state index contributed by atoms with van der Waals surface area (Å²) in [6.45, 7) is 5.54. The van der Waals surface area contributed by atoms with E-state index in [9.17, 15) is 9.18 Å². The Morgan fingerprint density at radius 2 is 2.29 bits per heavy atom. The molecule has 2 rings (SSSR count). The van der Waals surface area contributed by atoms with Gasteiger partial charge in [0.25, 0.3) is 5.91 Å². The van der Waals surface area contributed by atoms with Crippen LogP contribution in [-0.4, -0.2) is 37.0 Å². The maximum Gasteiger partial charge on any atom is 0.254 e. The van der Waals surface area contributed by atoms with Crippen LogP contribution in [0.3, 0.4) is 0 Å². The summed E-state index contributed by atoms with van der Waals surface area (Å²) in [6.07, 6.45) is 3.21. The van der Waals surface area contributed by atoms with Crippen molar-refractivity contribution >= 4 is 21.8 Å². The molecule has 21 heavy (non-hydrogen) atoms. The minimum Gasteiger partial charge on any atom is -0.338 e. The van der Waals surface area contributed by atoms with E-state index in [1.165, 1.54) is 12.1 Å². The summed E-state index contributed by atoms with van der Waals surface area (Å²) in [4.78, 5) is 14.5. The highest BCUT2D eigenvalue weighted by Gasteiger charge is 2.21. The lowest BCUT2D eigenvalue weighted by molar-refractivity contribution is 0.0718. The summed E-state index contributed by atoms with van der Waals surface area (Å²) in [5, 5.41) is 3.37. The van der Waals surface area contributed by atoms with E-state index in [0.717, 1.165) is 38.9 Å². The zero-order chi connectivity index (χ0) is 15.2. The minimum absolute atomic E-state index is 0.0809. The molecule has 0 radical (unpaired) electrons. The second kappa shape index (κ2) is 7.90. The second-order valence-corrected chi connectivity index (χ2v) is 6.54. The van der Waals surface area contributed by atoms with Gasteiger partial charge in [-0.2, -0.15) is 0 Å². The Labute approximate surface area is 134 Å². The fraction of sp³-hybridized carbons (Fsp3) is 0.562. The summed E-state index contributed by atoms with van der Waals surface area (Å²) in [6, 6.07) is 4.37. The van der Waals surface area contributed by atoms with Gasteiger partial charge in [-0.05, 0) is 56.5 Å². The van der Waals surface area contributed by atoms with Gasteiger partial charge in [-0.1, -0.05) is 22.9 Å². The first kappa shape index (κ1) is 16.4. The van der Waals surface area contributed by atoms with E-state index in [0.29, 0.717) is 22.5 Å². The molecule has 0 bridgehead atoms. The van der Waals surface area contributed by atoms with Gasteiger partial charge in [-0.3, -0.25) is 4.79 Å². The van der Waals surface area contributed by atoms with Crippen molar-refractivity contribution < 1.29 is 9.18 Å². The number of rotatable bonds is 5. The van der Waals surface area contributed by atoms with Crippen LogP contribution in [0.2, 0.25) is 0 Å². The number of carbonyl (C=O) groups is 1. The summed E-state index contributed by atoms with van der Waals surface area (Å²) in [5.41, 5.74) is 0.416. The van der Waals surface area contributed by atoms with Crippen LogP contribution in [0.25, 0.3) is 0 Å². The molecule has 1 N–H and O–H groups in total. The number of benzene rings is 1. The lowest BCUT2D eigenvalue weighted by Crippen LogP contribution is -2.41. The lowest BCUT2D eigenvalue weighted by atomic mass is 9.98. The SMILES string of the molecule is CCCN(CC1CCCNC1)C(=O)c1cc(F)cc(Br)c1. The first-order valence-electron chi connectivity index (χ1n) is 7.56. The predicted octanol–water partition coefficient (Wildman–Crippen LogP) is 3.44. The van der Waals surface area contributed by atoms with Crippen molar-refractivity contribution in [3.8, 4) is 0 Å². The van der Waals surface area contributed by atoms with Crippen LogP contribution in [0.5, 0.6) is 0 Å². The predicted molar refractivity (Wildman–Crippen MR) is 85.9 cm³/mol. The van der Waals surface area contributed by atoms with Crippen molar-refractivity contribution in [3.05, 3.63) is 34.1 Å². The quantitative estimate of drug-likeness (QED) is 0.876. The molecule has 0 saturated carbocycles. The van der Waals surface area contributed by atoms with Crippen molar-refractivity contribution in [2.75, 3.05) is 26.2 Å². The summed E-state index contributed by atoms with van der Waals surface area (Å²) in [5.74, 6) is 0.0254. The molecule has 0 spiro atoms. The highest BCUT2D eigenvalue weighted by atomic mass is 79.9. The molecule has 1 unspecified atom stereocenters. The van der Waals surface area contributed by atoms with E-state index in [4.69, 9.17) is 0 Å². The maximum atomic E-state index is 13.5. The molecule has 1 aliphatic rings. The van der Waals surface area contributed by atoms with Gasteiger partial charge in [0.2, 0.25) is 0 Å². The van der Waals surface area contributed by atoms with Crippen molar-refractivity contribution in [1.82, 2.24) is 10.2 Å². The fourth-order valence-corrected chi connectivity index (χ4v) is 3.26. The van der Waals surface area contributed by atoms with Crippen LogP contribution in [0, 0.1) is 11.7 Å². The molecule has 0 aromatic heterocycles. The average molecular weight is 357 g/mol. The van der Waals surface area contributed by atoms with Gasteiger partial charge >= 0.3 is 0 Å². The van der Waals surface area contributed by atoms with Crippen molar-refractivity contribution in [3.63, 3.8) is 0 Å². The first-order valence-corrected chi connectivity index (χ1v) is 8.35. The molecular weight excluding hydrogens is 335 g/mol. The van der Waals surface area contributed by atoms with Gasteiger partial charge in [-0.15, -0.1) is 0 Å². The van der Waals surface area contributed by atoms with Crippen LogP contribution in [0.15, 0.2) is 22.7 Å². The third kappa shape index (κ3) is 4.78. The summed E-state index contributed by atoms with van der Waals surface area (Å²) >= 11 is 3.25. The molecule has 1 aromatic rings. The number of hydrogen-bond donors (Lipinski definition) is 1. The molecule has 1 heterocycles. The lowest BCUT2D eigenvalue weighted by Gasteiger charge is -2.30. The molecule has 0 aliphatic carbocycles. The topological polar surface area (TPSA) is 32.3 Å². The van der Waals surface area contributed by atoms with Crippen LogP contribution >= 0.6 is 15.9 Å². The third-order valence-corrected chi connectivity index (χ3v) is 4.23. The molecule has 1 fully saturated rings. The number of halogens is 2. The monoisotopic (exact) mass is 356 g/mol. The molecule has 1 aliphatic heterocycles. The van der Waals surface area contributed by atoms with Gasteiger partial charge in [-0.25, -0.2) is 4.39 Å². The molecular formula is C16H22BrFN2O. The van der Waals surface area contributed by atoms with Crippen LogP contribution < -0.4 is 5.32 Å². The van der Waals surface area contributed by atoms with E-state index in [1.54, 1.807) is 6.07 Å². The van der Waals surface area contributed by atoms with Gasteiger partial charge in [0.05, 0.1) is 0 Å². The molecule has 1 saturated heterocycles. The number of nitrogens with one attached hydrogen (secondary N) is 1. The van der Waals surface area contributed by atoms with Gasteiger partial charge in [0.15, 0.2) is 0 Å². The van der Waals surface area contributed by atoms with Crippen LogP contribution in [-0.2, 0) is 0 Å². The molecule has 3 nitrogen and oxygen atoms in total. The highest BCUT2D eigenvalue weighted by molar-refractivity contribution is 9.10. The number of hydrogen-bond acceptors (Lipinski definition) is 2. The number of piperidine rings is 1. The highest BCUT2D eigenvalue weighted by Crippen LogP contribution is 2.18. The van der Waals surface area contributed by atoms with Crippen molar-refractivity contribution in [2.45, 2.75) is 26.2 Å². The Morgan fingerprint density at radius 3 is 2.90 bits per heavy atom. The Morgan fingerprint density at radius 1 is 1.48 bits per heavy atom. The smallest absolute Gasteiger partial charge is 0.254 e. The van der Waals surface area contributed by atoms with E-state index in [2.05, 4.69) is 28.2 Å². The third-order valence-electron chi connectivity index (χ3n) is 3.77. The Kier molecular flexibility index (Phi) is 6.18. The molecule has 1 atom stereocenters. The maximum absolute atomic E-state index is 13.5. The standard InChI is InChI=1S/C16H22BrFN2O/c1-2-6-20(11-12-4-3-5-19-10-12)16(21)13-7-14(17)9-15(18)8-13/h7-9,12,19H,2-6,10-11H2,1H3. The Balaban J connectivity index is 2.10. The largest absolute Gasteiger partial charge is 0.338 e. The van der Waals surface area contributed by atoms with Crippen molar-refractivity contribution in [2.24, 2.45) is 5.92 Å².